The molecule has 8 heteroatoms. The molecule has 0 spiro atoms. The minimum absolute atomic E-state index is 0.283. The second-order valence-corrected chi connectivity index (χ2v) is 6.30. The van der Waals surface area contributed by atoms with Crippen LogP contribution in [0.1, 0.15) is 16.8 Å². The number of benzene rings is 2. The number of carbonyl (C=O) groups excluding carboxylic acids is 2. The minimum Gasteiger partial charge on any atom is -0.497 e. The first-order valence-corrected chi connectivity index (χ1v) is 8.28. The van der Waals surface area contributed by atoms with E-state index in [4.69, 9.17) is 9.29 Å². The quantitative estimate of drug-likeness (QED) is 0.470. The van der Waals surface area contributed by atoms with E-state index in [0.717, 1.165) is 12.1 Å². The van der Waals surface area contributed by atoms with Crippen molar-refractivity contribution in [3.8, 4) is 5.75 Å². The minimum atomic E-state index is -4.29. The molecule has 2 rings (SSSR count). The second-order valence-electron chi connectivity index (χ2n) is 4.88. The number of ketones is 1. The highest BCUT2D eigenvalue weighted by molar-refractivity contribution is 7.85. The van der Waals surface area contributed by atoms with Crippen molar-refractivity contribution in [2.45, 2.75) is 11.3 Å². The van der Waals surface area contributed by atoms with Crippen molar-refractivity contribution in [2.75, 3.05) is 12.4 Å². The Labute approximate surface area is 139 Å². The van der Waals surface area contributed by atoms with Crippen molar-refractivity contribution in [1.29, 1.82) is 0 Å². The molecule has 7 nitrogen and oxygen atoms in total. The number of amides is 1. The van der Waals surface area contributed by atoms with Crippen molar-refractivity contribution >= 4 is 27.5 Å². The zero-order chi connectivity index (χ0) is 17.7. The number of nitrogens with one attached hydrogen (secondary N) is 1. The van der Waals surface area contributed by atoms with Gasteiger partial charge in [-0.05, 0) is 48.5 Å². The van der Waals surface area contributed by atoms with Crippen LogP contribution in [-0.4, -0.2) is 31.8 Å². The fourth-order valence-electron chi connectivity index (χ4n) is 1.94. The molecular formula is C16H15NO6S. The molecule has 0 radical (unpaired) electrons. The van der Waals surface area contributed by atoms with E-state index in [1.54, 1.807) is 24.3 Å². The molecule has 0 aliphatic rings. The number of Topliss-reactive ketones (excluding diaryl/α,β-unsaturated/α-hetero) is 1. The highest BCUT2D eigenvalue weighted by Crippen LogP contribution is 2.15. The molecule has 2 aromatic rings. The van der Waals surface area contributed by atoms with Gasteiger partial charge in [-0.2, -0.15) is 8.42 Å². The van der Waals surface area contributed by atoms with Gasteiger partial charge in [0.1, 0.15) is 5.75 Å². The van der Waals surface area contributed by atoms with Crippen LogP contribution in [0.25, 0.3) is 0 Å². The Morgan fingerprint density at radius 2 is 1.62 bits per heavy atom. The zero-order valence-corrected chi connectivity index (χ0v) is 13.5. The van der Waals surface area contributed by atoms with Gasteiger partial charge in [0, 0.05) is 11.3 Å². The topological polar surface area (TPSA) is 110 Å². The molecule has 0 bridgehead atoms. The molecule has 0 fully saturated rings. The summed E-state index contributed by atoms with van der Waals surface area (Å²) in [4.78, 5) is 23.6. The number of rotatable bonds is 6. The molecule has 2 N–H and O–H groups in total. The SMILES string of the molecule is COc1ccc(C(=O)CC(=O)Nc2ccc(S(=O)(=O)O)cc2)cc1. The van der Waals surface area contributed by atoms with Gasteiger partial charge >= 0.3 is 0 Å². The van der Waals surface area contributed by atoms with Crippen LogP contribution in [0.3, 0.4) is 0 Å². The van der Waals surface area contributed by atoms with Crippen molar-refractivity contribution < 1.29 is 27.3 Å². The van der Waals surface area contributed by atoms with Gasteiger partial charge in [-0.3, -0.25) is 14.1 Å². The van der Waals surface area contributed by atoms with E-state index in [0.29, 0.717) is 17.0 Å². The molecule has 126 valence electrons. The Morgan fingerprint density at radius 3 is 2.12 bits per heavy atom. The van der Waals surface area contributed by atoms with Crippen LogP contribution in [0.2, 0.25) is 0 Å². The van der Waals surface area contributed by atoms with Gasteiger partial charge in [-0.1, -0.05) is 0 Å². The number of hydrogen-bond acceptors (Lipinski definition) is 5. The molecule has 24 heavy (non-hydrogen) atoms. The third-order valence-electron chi connectivity index (χ3n) is 3.17. The number of carbonyl (C=O) groups is 2. The van der Waals surface area contributed by atoms with Crippen LogP contribution in [0.15, 0.2) is 53.4 Å². The highest BCUT2D eigenvalue weighted by atomic mass is 32.2. The van der Waals surface area contributed by atoms with E-state index < -0.39 is 16.0 Å². The van der Waals surface area contributed by atoms with Crippen molar-refractivity contribution in [2.24, 2.45) is 0 Å². The van der Waals surface area contributed by atoms with Gasteiger partial charge < -0.3 is 10.1 Å². The Morgan fingerprint density at radius 1 is 1.04 bits per heavy atom. The highest BCUT2D eigenvalue weighted by Gasteiger charge is 2.13. The van der Waals surface area contributed by atoms with Crippen LogP contribution in [-0.2, 0) is 14.9 Å². The number of ether oxygens (including phenoxy) is 1. The third-order valence-corrected chi connectivity index (χ3v) is 4.04. The van der Waals surface area contributed by atoms with Gasteiger partial charge in [-0.15, -0.1) is 0 Å². The maximum Gasteiger partial charge on any atom is 0.294 e. The Bertz CT molecular complexity index is 841. The summed E-state index contributed by atoms with van der Waals surface area (Å²) in [7, 11) is -2.77. The molecule has 0 unspecified atom stereocenters. The molecule has 0 aromatic heterocycles. The van der Waals surface area contributed by atoms with Gasteiger partial charge in [0.15, 0.2) is 5.78 Å². The largest absolute Gasteiger partial charge is 0.497 e. The lowest BCUT2D eigenvalue weighted by Gasteiger charge is -2.06. The predicted molar refractivity (Wildman–Crippen MR) is 86.8 cm³/mol. The summed E-state index contributed by atoms with van der Waals surface area (Å²) in [5.41, 5.74) is 0.697. The van der Waals surface area contributed by atoms with Crippen molar-refractivity contribution in [3.63, 3.8) is 0 Å². The van der Waals surface area contributed by atoms with E-state index in [1.807, 2.05) is 0 Å². The molecule has 0 heterocycles. The molecule has 0 saturated heterocycles. The van der Waals surface area contributed by atoms with Crippen LogP contribution in [0, 0.1) is 0 Å². The fourth-order valence-corrected chi connectivity index (χ4v) is 2.42. The molecule has 2 aromatic carbocycles. The Kier molecular flexibility index (Phi) is 5.32. The summed E-state index contributed by atoms with van der Waals surface area (Å²) in [6, 6.07) is 11.3. The first kappa shape index (κ1) is 17.6. The van der Waals surface area contributed by atoms with Crippen LogP contribution in [0.5, 0.6) is 5.75 Å². The fraction of sp³-hybridized carbons (Fsp3) is 0.125. The normalized spacial score (nSPS) is 10.9. The van der Waals surface area contributed by atoms with E-state index >= 15 is 0 Å². The molecule has 1 amide bonds. The average Bonchev–Trinajstić information content (AvgIpc) is 2.54. The Hall–Kier alpha value is -2.71. The van der Waals surface area contributed by atoms with Crippen LogP contribution in [0.4, 0.5) is 5.69 Å². The zero-order valence-electron chi connectivity index (χ0n) is 12.7. The van der Waals surface area contributed by atoms with E-state index in [2.05, 4.69) is 5.32 Å². The van der Waals surface area contributed by atoms with Gasteiger partial charge in [0.2, 0.25) is 5.91 Å². The summed E-state index contributed by atoms with van der Waals surface area (Å²) >= 11 is 0. The molecule has 0 atom stereocenters. The lowest BCUT2D eigenvalue weighted by molar-refractivity contribution is -0.115. The van der Waals surface area contributed by atoms with E-state index in [1.165, 1.54) is 19.2 Å². The van der Waals surface area contributed by atoms with Gasteiger partial charge in [0.25, 0.3) is 10.1 Å². The average molecular weight is 349 g/mol. The summed E-state index contributed by atoms with van der Waals surface area (Å²) in [5, 5.41) is 2.48. The molecular weight excluding hydrogens is 334 g/mol. The number of anilines is 1. The summed E-state index contributed by atoms with van der Waals surface area (Å²) < 4.78 is 35.7. The molecule has 0 aliphatic heterocycles. The van der Waals surface area contributed by atoms with Gasteiger partial charge in [-0.25, -0.2) is 0 Å². The third kappa shape index (κ3) is 4.64. The standard InChI is InChI=1S/C16H15NO6S/c1-23-13-6-2-11(3-7-13)15(18)10-16(19)17-12-4-8-14(9-5-12)24(20,21)22/h2-9H,10H2,1H3,(H,17,19)(H,20,21,22). The maximum atomic E-state index is 12.0. The smallest absolute Gasteiger partial charge is 0.294 e. The van der Waals surface area contributed by atoms with Crippen molar-refractivity contribution in [3.05, 3.63) is 54.1 Å². The lowest BCUT2D eigenvalue weighted by Crippen LogP contribution is -2.16. The summed E-state index contributed by atoms with van der Waals surface area (Å²) in [6.45, 7) is 0. The predicted octanol–water partition coefficient (Wildman–Crippen LogP) is 2.15. The van der Waals surface area contributed by atoms with E-state index in [-0.39, 0.29) is 17.1 Å². The van der Waals surface area contributed by atoms with Crippen LogP contribution < -0.4 is 10.1 Å². The number of hydrogen-bond donors (Lipinski definition) is 2. The summed E-state index contributed by atoms with van der Waals surface area (Å²) in [5.74, 6) is -0.282. The Balaban J connectivity index is 1.98. The van der Waals surface area contributed by atoms with Gasteiger partial charge in [0.05, 0.1) is 18.4 Å². The molecule has 0 saturated carbocycles. The molecule has 0 aliphatic carbocycles. The lowest BCUT2D eigenvalue weighted by atomic mass is 10.1. The second kappa shape index (κ2) is 7.24. The number of methoxy groups -OCH3 is 1. The first-order chi connectivity index (χ1) is 11.3. The summed E-state index contributed by atoms with van der Waals surface area (Å²) in [6.07, 6.45) is -0.355. The monoisotopic (exact) mass is 349 g/mol. The first-order valence-electron chi connectivity index (χ1n) is 6.84. The maximum absolute atomic E-state index is 12.0. The van der Waals surface area contributed by atoms with E-state index in [9.17, 15) is 18.0 Å². The van der Waals surface area contributed by atoms with Crippen LogP contribution >= 0.6 is 0 Å². The van der Waals surface area contributed by atoms with Crippen molar-refractivity contribution in [1.82, 2.24) is 0 Å².